The van der Waals surface area contributed by atoms with Gasteiger partial charge in [0.2, 0.25) is 15.0 Å². The third-order valence-corrected chi connectivity index (χ3v) is 5.26. The van der Waals surface area contributed by atoms with E-state index in [1.807, 2.05) is 0 Å². The zero-order chi connectivity index (χ0) is 19.1. The van der Waals surface area contributed by atoms with Crippen molar-refractivity contribution in [1.82, 2.24) is 14.3 Å². The molecule has 8 heteroatoms. The molecule has 0 fully saturated rings. The molecule has 6 nitrogen and oxygen atoms in total. The molecule has 2 heterocycles. The predicted molar refractivity (Wildman–Crippen MR) is 95.2 cm³/mol. The molecular formula is C18H18FN3O3S. The first-order chi connectivity index (χ1) is 12.2. The van der Waals surface area contributed by atoms with E-state index >= 15 is 0 Å². The molecule has 1 aromatic carbocycles. The number of aromatic nitrogens is 2. The first kappa shape index (κ1) is 18.1. The van der Waals surface area contributed by atoms with Gasteiger partial charge in [0.05, 0.1) is 11.6 Å². The van der Waals surface area contributed by atoms with Crippen molar-refractivity contribution < 1.29 is 17.6 Å². The summed E-state index contributed by atoms with van der Waals surface area (Å²) in [5, 5.41) is -0.181. The van der Waals surface area contributed by atoms with Crippen LogP contribution in [0.2, 0.25) is 0 Å². The monoisotopic (exact) mass is 375 g/mol. The number of imidazole rings is 1. The van der Waals surface area contributed by atoms with Crippen LogP contribution in [-0.4, -0.2) is 41.9 Å². The summed E-state index contributed by atoms with van der Waals surface area (Å²) >= 11 is 0. The highest BCUT2D eigenvalue weighted by Crippen LogP contribution is 2.24. The van der Waals surface area contributed by atoms with Crippen molar-refractivity contribution >= 4 is 21.3 Å². The van der Waals surface area contributed by atoms with Crippen LogP contribution >= 0.6 is 0 Å². The van der Waals surface area contributed by atoms with Gasteiger partial charge in [-0.1, -0.05) is 18.2 Å². The Kier molecular flexibility index (Phi) is 4.53. The number of sulfone groups is 1. The lowest BCUT2D eigenvalue weighted by atomic mass is 10.1. The number of halogens is 1. The van der Waals surface area contributed by atoms with E-state index in [0.717, 1.165) is 11.8 Å². The molecule has 2 aromatic heterocycles. The Hall–Kier alpha value is -2.74. The quantitative estimate of drug-likeness (QED) is 0.703. The van der Waals surface area contributed by atoms with Gasteiger partial charge in [0.1, 0.15) is 5.82 Å². The van der Waals surface area contributed by atoms with Crippen LogP contribution in [0.1, 0.15) is 29.0 Å². The smallest absolute Gasteiger partial charge is 0.274 e. The van der Waals surface area contributed by atoms with Gasteiger partial charge in [0.25, 0.3) is 5.91 Å². The maximum atomic E-state index is 13.1. The zero-order valence-electron chi connectivity index (χ0n) is 14.5. The van der Waals surface area contributed by atoms with Crippen LogP contribution in [0.15, 0.2) is 53.8 Å². The highest BCUT2D eigenvalue weighted by atomic mass is 32.2. The number of pyridine rings is 1. The lowest BCUT2D eigenvalue weighted by Gasteiger charge is -2.24. The molecule has 1 atom stereocenters. The predicted octanol–water partition coefficient (Wildman–Crippen LogP) is 2.71. The molecule has 0 bridgehead atoms. The third-order valence-electron chi connectivity index (χ3n) is 4.30. The van der Waals surface area contributed by atoms with E-state index in [4.69, 9.17) is 0 Å². The van der Waals surface area contributed by atoms with E-state index in [0.29, 0.717) is 5.52 Å². The maximum absolute atomic E-state index is 13.1. The van der Waals surface area contributed by atoms with Crippen molar-refractivity contribution in [3.63, 3.8) is 0 Å². The second-order valence-corrected chi connectivity index (χ2v) is 8.02. The van der Waals surface area contributed by atoms with Crippen molar-refractivity contribution in [2.45, 2.75) is 18.1 Å². The Morgan fingerprint density at radius 3 is 2.46 bits per heavy atom. The number of carbonyl (C=O) groups is 1. The Morgan fingerprint density at radius 2 is 1.85 bits per heavy atom. The molecule has 136 valence electrons. The van der Waals surface area contributed by atoms with Crippen LogP contribution in [-0.2, 0) is 9.84 Å². The van der Waals surface area contributed by atoms with Gasteiger partial charge in [-0.05, 0) is 36.8 Å². The molecule has 3 rings (SSSR count). The average Bonchev–Trinajstić information content (AvgIpc) is 3.00. The van der Waals surface area contributed by atoms with Crippen LogP contribution < -0.4 is 0 Å². The van der Waals surface area contributed by atoms with Crippen LogP contribution in [0.3, 0.4) is 0 Å². The van der Waals surface area contributed by atoms with E-state index in [9.17, 15) is 17.6 Å². The van der Waals surface area contributed by atoms with Gasteiger partial charge in [-0.3, -0.25) is 9.20 Å². The van der Waals surface area contributed by atoms with Crippen LogP contribution in [0.25, 0.3) is 5.52 Å². The standard InChI is InChI=1S/C18H18FN3O3S/c1-12(13-7-9-14(19)10-8-13)21(2)17(23)16-15-6-4-5-11-22(15)18(20-16)26(3,24)25/h4-12H,1-3H3. The molecular weight excluding hydrogens is 357 g/mol. The molecule has 0 aliphatic rings. The van der Waals surface area contributed by atoms with E-state index in [-0.39, 0.29) is 22.7 Å². The van der Waals surface area contributed by atoms with Gasteiger partial charge >= 0.3 is 0 Å². The second kappa shape index (κ2) is 6.53. The molecule has 1 amide bonds. The number of benzene rings is 1. The molecule has 0 saturated heterocycles. The van der Waals surface area contributed by atoms with Crippen molar-refractivity contribution in [3.05, 3.63) is 65.7 Å². The molecule has 0 aliphatic heterocycles. The minimum Gasteiger partial charge on any atom is -0.334 e. The Balaban J connectivity index is 2.03. The number of nitrogens with zero attached hydrogens (tertiary/aromatic N) is 3. The highest BCUT2D eigenvalue weighted by Gasteiger charge is 2.27. The molecule has 26 heavy (non-hydrogen) atoms. The van der Waals surface area contributed by atoms with Crippen LogP contribution in [0.4, 0.5) is 4.39 Å². The molecule has 3 aromatic rings. The Labute approximate surface area is 150 Å². The molecule has 0 spiro atoms. The van der Waals surface area contributed by atoms with Gasteiger partial charge < -0.3 is 4.90 Å². The first-order valence-electron chi connectivity index (χ1n) is 7.90. The number of carbonyl (C=O) groups excluding carboxylic acids is 1. The fourth-order valence-corrected chi connectivity index (χ4v) is 3.51. The van der Waals surface area contributed by atoms with E-state index in [1.54, 1.807) is 50.5 Å². The summed E-state index contributed by atoms with van der Waals surface area (Å²) in [6.45, 7) is 1.81. The van der Waals surface area contributed by atoms with Gasteiger partial charge in [-0.25, -0.2) is 17.8 Å². The lowest BCUT2D eigenvalue weighted by molar-refractivity contribution is 0.0739. The van der Waals surface area contributed by atoms with Gasteiger partial charge in [0, 0.05) is 19.5 Å². The van der Waals surface area contributed by atoms with Crippen molar-refractivity contribution in [3.8, 4) is 0 Å². The SMILES string of the molecule is CC(c1ccc(F)cc1)N(C)C(=O)c1nc(S(C)(=O)=O)n2ccccc12. The molecule has 0 radical (unpaired) electrons. The summed E-state index contributed by atoms with van der Waals surface area (Å²) in [5.74, 6) is -0.770. The molecule has 0 saturated carbocycles. The fraction of sp³-hybridized carbons (Fsp3) is 0.222. The van der Waals surface area contributed by atoms with Crippen molar-refractivity contribution in [1.29, 1.82) is 0 Å². The largest absolute Gasteiger partial charge is 0.334 e. The summed E-state index contributed by atoms with van der Waals surface area (Å²) < 4.78 is 38.5. The molecule has 1 unspecified atom stereocenters. The van der Waals surface area contributed by atoms with Crippen molar-refractivity contribution in [2.75, 3.05) is 13.3 Å². The number of amides is 1. The summed E-state index contributed by atoms with van der Waals surface area (Å²) in [5.41, 5.74) is 1.23. The van der Waals surface area contributed by atoms with Gasteiger partial charge in [-0.15, -0.1) is 0 Å². The Morgan fingerprint density at radius 1 is 1.19 bits per heavy atom. The average molecular weight is 375 g/mol. The summed E-state index contributed by atoms with van der Waals surface area (Å²) in [6, 6.07) is 10.6. The highest BCUT2D eigenvalue weighted by molar-refractivity contribution is 7.90. The normalized spacial score (nSPS) is 12.9. The maximum Gasteiger partial charge on any atom is 0.274 e. The topological polar surface area (TPSA) is 71.8 Å². The lowest BCUT2D eigenvalue weighted by Crippen LogP contribution is -2.30. The molecule has 0 aliphatic carbocycles. The number of fused-ring (bicyclic) bond motifs is 1. The minimum atomic E-state index is -3.61. The van der Waals surface area contributed by atoms with E-state index < -0.39 is 15.7 Å². The second-order valence-electron chi connectivity index (χ2n) is 6.11. The first-order valence-corrected chi connectivity index (χ1v) is 9.79. The summed E-state index contributed by atoms with van der Waals surface area (Å²) in [7, 11) is -2.00. The number of hydrogen-bond donors (Lipinski definition) is 0. The van der Waals surface area contributed by atoms with Gasteiger partial charge in [-0.2, -0.15) is 0 Å². The fourth-order valence-electron chi connectivity index (χ4n) is 2.74. The van der Waals surface area contributed by atoms with E-state index in [1.165, 1.54) is 21.4 Å². The zero-order valence-corrected chi connectivity index (χ0v) is 15.4. The summed E-state index contributed by atoms with van der Waals surface area (Å²) in [4.78, 5) is 18.5. The third kappa shape index (κ3) is 3.20. The van der Waals surface area contributed by atoms with Crippen molar-refractivity contribution in [2.24, 2.45) is 0 Å². The number of rotatable bonds is 4. The van der Waals surface area contributed by atoms with E-state index in [2.05, 4.69) is 4.98 Å². The summed E-state index contributed by atoms with van der Waals surface area (Å²) in [6.07, 6.45) is 2.60. The Bertz CT molecular complexity index is 1070. The molecule has 0 N–H and O–H groups in total. The van der Waals surface area contributed by atoms with Gasteiger partial charge in [0.15, 0.2) is 5.69 Å². The van der Waals surface area contributed by atoms with Crippen LogP contribution in [0, 0.1) is 5.82 Å². The van der Waals surface area contributed by atoms with Crippen LogP contribution in [0.5, 0.6) is 0 Å². The number of hydrogen-bond acceptors (Lipinski definition) is 4. The minimum absolute atomic E-state index is 0.0579.